The topological polar surface area (TPSA) is 79.5 Å². The summed E-state index contributed by atoms with van der Waals surface area (Å²) in [5.41, 5.74) is 0.0415. The smallest absolute Gasteiger partial charge is 0.311 e. The van der Waals surface area contributed by atoms with Gasteiger partial charge in [0, 0.05) is 33.1 Å². The molecule has 0 unspecified atom stereocenters. The minimum atomic E-state index is -0.544. The molecular weight excluding hydrogens is 303 g/mol. The molecule has 8 heteroatoms. The summed E-state index contributed by atoms with van der Waals surface area (Å²) in [7, 11) is 0. The first-order valence-electron chi connectivity index (χ1n) is 7.19. The molecule has 1 aliphatic heterocycles. The highest BCUT2D eigenvalue weighted by molar-refractivity contribution is 5.95. The molecule has 120 valence electrons. The largest absolute Gasteiger partial charge is 0.417 e. The van der Waals surface area contributed by atoms with E-state index in [4.69, 9.17) is 4.42 Å². The fraction of sp³-hybridized carbons (Fsp3) is 0.333. The van der Waals surface area contributed by atoms with Crippen LogP contribution in [0.25, 0.3) is 0 Å². The lowest BCUT2D eigenvalue weighted by Gasteiger charge is -2.34. The predicted octanol–water partition coefficient (Wildman–Crippen LogP) is 1.12. The molecule has 1 aromatic carbocycles. The molecule has 0 bridgehead atoms. The van der Waals surface area contributed by atoms with Gasteiger partial charge in [-0.05, 0) is 12.1 Å². The van der Waals surface area contributed by atoms with Crippen LogP contribution in [0.3, 0.4) is 0 Å². The van der Waals surface area contributed by atoms with Crippen molar-refractivity contribution in [3.8, 4) is 0 Å². The van der Waals surface area contributed by atoms with Gasteiger partial charge in [0.05, 0.1) is 5.56 Å². The van der Waals surface area contributed by atoms with Crippen LogP contribution in [0.5, 0.6) is 0 Å². The number of rotatable bonds is 2. The Labute approximate surface area is 131 Å². The summed E-state index contributed by atoms with van der Waals surface area (Å²) < 4.78 is 18.8. The molecule has 7 nitrogen and oxygen atoms in total. The molecule has 0 atom stereocenters. The molecule has 0 N–H and O–H groups in total. The molecule has 23 heavy (non-hydrogen) atoms. The quantitative estimate of drug-likeness (QED) is 0.829. The van der Waals surface area contributed by atoms with Crippen LogP contribution in [-0.4, -0.2) is 58.0 Å². The molecule has 1 aliphatic rings. The zero-order chi connectivity index (χ0) is 16.4. The third-order valence-corrected chi connectivity index (χ3v) is 3.67. The Bertz CT molecular complexity index is 738. The minimum Gasteiger partial charge on any atom is -0.417 e. The van der Waals surface area contributed by atoms with E-state index in [1.165, 1.54) is 28.0 Å². The molecule has 1 saturated heterocycles. The molecule has 2 aromatic rings. The molecule has 0 saturated carbocycles. The van der Waals surface area contributed by atoms with E-state index in [0.29, 0.717) is 32.1 Å². The highest BCUT2D eigenvalue weighted by Gasteiger charge is 2.28. The molecule has 2 amide bonds. The van der Waals surface area contributed by atoms with Crippen molar-refractivity contribution in [2.45, 2.75) is 6.92 Å². The van der Waals surface area contributed by atoms with E-state index in [2.05, 4.69) is 10.2 Å². The van der Waals surface area contributed by atoms with Gasteiger partial charge >= 0.3 is 11.8 Å². The number of benzene rings is 1. The maximum Gasteiger partial charge on any atom is 0.311 e. The summed E-state index contributed by atoms with van der Waals surface area (Å²) in [4.78, 5) is 27.6. The highest BCUT2D eigenvalue weighted by Crippen LogP contribution is 2.13. The Hall–Kier alpha value is -2.77. The number of hydrogen-bond acceptors (Lipinski definition) is 5. The van der Waals surface area contributed by atoms with E-state index in [9.17, 15) is 14.0 Å². The number of halogens is 1. The van der Waals surface area contributed by atoms with E-state index in [0.717, 1.165) is 0 Å². The summed E-state index contributed by atoms with van der Waals surface area (Å²) in [5.74, 6) is -1.01. The van der Waals surface area contributed by atoms with E-state index in [-0.39, 0.29) is 23.3 Å². The van der Waals surface area contributed by atoms with Crippen molar-refractivity contribution in [2.24, 2.45) is 0 Å². The Morgan fingerprint density at radius 2 is 1.65 bits per heavy atom. The zero-order valence-corrected chi connectivity index (χ0v) is 12.5. The Morgan fingerprint density at radius 3 is 2.22 bits per heavy atom. The van der Waals surface area contributed by atoms with Gasteiger partial charge in [0.15, 0.2) is 0 Å². The van der Waals surface area contributed by atoms with Crippen LogP contribution in [0.2, 0.25) is 0 Å². The number of amides is 2. The molecule has 3 rings (SSSR count). The summed E-state index contributed by atoms with van der Waals surface area (Å²) in [6.07, 6.45) is 0. The fourth-order valence-electron chi connectivity index (χ4n) is 2.44. The number of hydrogen-bond donors (Lipinski definition) is 0. The lowest BCUT2D eigenvalue weighted by molar-refractivity contribution is 0.0510. The van der Waals surface area contributed by atoms with Crippen molar-refractivity contribution in [2.75, 3.05) is 26.2 Å². The van der Waals surface area contributed by atoms with Gasteiger partial charge in [0.2, 0.25) is 5.89 Å². The molecule has 2 heterocycles. The second-order valence-electron chi connectivity index (χ2n) is 5.19. The third-order valence-electron chi connectivity index (χ3n) is 3.67. The maximum atomic E-state index is 13.7. The van der Waals surface area contributed by atoms with Gasteiger partial charge in [-0.1, -0.05) is 12.1 Å². The van der Waals surface area contributed by atoms with Gasteiger partial charge in [-0.3, -0.25) is 9.59 Å². The summed E-state index contributed by atoms with van der Waals surface area (Å²) >= 11 is 0. The average Bonchev–Trinajstić information content (AvgIpc) is 3.01. The number of carbonyl (C=O) groups is 2. The SMILES string of the molecule is Cc1nnc(C(=O)N2CCN(C(=O)c3ccccc3F)CC2)o1. The molecule has 0 aliphatic carbocycles. The van der Waals surface area contributed by atoms with Gasteiger partial charge < -0.3 is 14.2 Å². The third kappa shape index (κ3) is 3.05. The van der Waals surface area contributed by atoms with Crippen LogP contribution in [0.1, 0.15) is 26.9 Å². The Morgan fingerprint density at radius 1 is 1.04 bits per heavy atom. The van der Waals surface area contributed by atoms with Crippen molar-refractivity contribution in [3.63, 3.8) is 0 Å². The lowest BCUT2D eigenvalue weighted by Crippen LogP contribution is -2.50. The lowest BCUT2D eigenvalue weighted by atomic mass is 10.1. The fourth-order valence-corrected chi connectivity index (χ4v) is 2.44. The average molecular weight is 318 g/mol. The highest BCUT2D eigenvalue weighted by atomic mass is 19.1. The maximum absolute atomic E-state index is 13.7. The van der Waals surface area contributed by atoms with Crippen LogP contribution in [0.15, 0.2) is 28.7 Å². The van der Waals surface area contributed by atoms with E-state index in [1.807, 2.05) is 0 Å². The summed E-state index contributed by atoms with van der Waals surface area (Å²) in [6, 6.07) is 5.87. The van der Waals surface area contributed by atoms with Gasteiger partial charge in [-0.2, -0.15) is 0 Å². The van der Waals surface area contributed by atoms with E-state index in [1.54, 1.807) is 13.0 Å². The number of aromatic nitrogens is 2. The van der Waals surface area contributed by atoms with Gasteiger partial charge in [-0.25, -0.2) is 4.39 Å². The van der Waals surface area contributed by atoms with Crippen molar-refractivity contribution in [1.82, 2.24) is 20.0 Å². The number of carbonyl (C=O) groups excluding carboxylic acids is 2. The number of piperazine rings is 1. The second kappa shape index (κ2) is 6.15. The van der Waals surface area contributed by atoms with E-state index < -0.39 is 5.82 Å². The van der Waals surface area contributed by atoms with E-state index >= 15 is 0 Å². The van der Waals surface area contributed by atoms with Crippen molar-refractivity contribution in [1.29, 1.82) is 0 Å². The van der Waals surface area contributed by atoms with Crippen LogP contribution in [0, 0.1) is 12.7 Å². The van der Waals surface area contributed by atoms with Crippen molar-refractivity contribution >= 4 is 11.8 Å². The first kappa shape index (κ1) is 15.1. The summed E-state index contributed by atoms with van der Waals surface area (Å²) in [6.45, 7) is 2.92. The molecular formula is C15H15FN4O3. The zero-order valence-electron chi connectivity index (χ0n) is 12.5. The van der Waals surface area contributed by atoms with Crippen molar-refractivity contribution in [3.05, 3.63) is 47.4 Å². The normalized spacial score (nSPS) is 14.9. The Kier molecular flexibility index (Phi) is 4.05. The number of nitrogens with zero attached hydrogens (tertiary/aromatic N) is 4. The standard InChI is InChI=1S/C15H15FN4O3/c1-10-17-18-13(23-10)15(22)20-8-6-19(7-9-20)14(21)11-4-2-3-5-12(11)16/h2-5H,6-9H2,1H3. The molecule has 1 aromatic heterocycles. The van der Waals surface area contributed by atoms with Crippen LogP contribution >= 0.6 is 0 Å². The van der Waals surface area contributed by atoms with Gasteiger partial charge in [0.25, 0.3) is 5.91 Å². The number of aryl methyl sites for hydroxylation is 1. The molecule has 0 radical (unpaired) electrons. The van der Waals surface area contributed by atoms with Crippen molar-refractivity contribution < 1.29 is 18.4 Å². The molecule has 1 fully saturated rings. The van der Waals surface area contributed by atoms with Crippen LogP contribution in [-0.2, 0) is 0 Å². The minimum absolute atomic E-state index is 0.0415. The van der Waals surface area contributed by atoms with Gasteiger partial charge in [-0.15, -0.1) is 10.2 Å². The first-order chi connectivity index (χ1) is 11.1. The summed E-state index contributed by atoms with van der Waals surface area (Å²) in [5, 5.41) is 7.32. The van der Waals surface area contributed by atoms with Crippen LogP contribution in [0.4, 0.5) is 4.39 Å². The van der Waals surface area contributed by atoms with Crippen LogP contribution < -0.4 is 0 Å². The molecule has 0 spiro atoms. The monoisotopic (exact) mass is 318 g/mol. The second-order valence-corrected chi connectivity index (χ2v) is 5.19. The Balaban J connectivity index is 1.63. The first-order valence-corrected chi connectivity index (χ1v) is 7.19. The predicted molar refractivity (Wildman–Crippen MR) is 77.2 cm³/mol. The van der Waals surface area contributed by atoms with Gasteiger partial charge in [0.1, 0.15) is 5.82 Å².